The van der Waals surface area contributed by atoms with Crippen LogP contribution in [0, 0.1) is 17.5 Å². The molecule has 48 heavy (non-hydrogen) atoms. The van der Waals surface area contributed by atoms with Gasteiger partial charge in [-0.05, 0) is 83.4 Å². The van der Waals surface area contributed by atoms with Gasteiger partial charge in [0.15, 0.2) is 11.5 Å². The Bertz CT molecular complexity index is 2750. The molecule has 6 heteroatoms. The van der Waals surface area contributed by atoms with Crippen molar-refractivity contribution in [2.75, 3.05) is 4.90 Å². The zero-order chi connectivity index (χ0) is 36.7. The lowest BCUT2D eigenvalue weighted by Gasteiger charge is -2.26. The van der Waals surface area contributed by atoms with Crippen LogP contribution in [0.25, 0.3) is 49.7 Å². The van der Waals surface area contributed by atoms with Crippen LogP contribution in [0.3, 0.4) is 0 Å². The number of anilines is 3. The van der Waals surface area contributed by atoms with Crippen LogP contribution in [-0.4, -0.2) is 4.57 Å². The highest BCUT2D eigenvalue weighted by molar-refractivity contribution is 6.18. The summed E-state index contributed by atoms with van der Waals surface area (Å²) in [7, 11) is 0. The van der Waals surface area contributed by atoms with Crippen molar-refractivity contribution >= 4 is 38.9 Å². The molecule has 1 aliphatic rings. The van der Waals surface area contributed by atoms with E-state index in [1.165, 1.54) is 29.2 Å². The number of ether oxygens (including phenoxy) is 1. The number of hydrogen-bond donors (Lipinski definition) is 0. The van der Waals surface area contributed by atoms with E-state index in [-0.39, 0.29) is 11.3 Å². The van der Waals surface area contributed by atoms with Gasteiger partial charge in [0.25, 0.3) is 0 Å². The van der Waals surface area contributed by atoms with Crippen molar-refractivity contribution < 1.29 is 24.8 Å². The van der Waals surface area contributed by atoms with Gasteiger partial charge >= 0.3 is 0 Å². The van der Waals surface area contributed by atoms with E-state index >= 15 is 0 Å². The summed E-state index contributed by atoms with van der Waals surface area (Å²) in [6, 6.07) is 32.1. The van der Waals surface area contributed by atoms with E-state index in [1.54, 1.807) is 12.1 Å². The third-order valence-electron chi connectivity index (χ3n) is 8.67. The summed E-state index contributed by atoms with van der Waals surface area (Å²) >= 11 is 0. The molecule has 0 N–H and O–H groups in total. The molecular weight excluding hydrogens is 605 g/mol. The van der Waals surface area contributed by atoms with Crippen molar-refractivity contribution in [3.8, 4) is 39.4 Å². The number of fused-ring (bicyclic) bond motifs is 5. The third-order valence-corrected chi connectivity index (χ3v) is 8.67. The first-order valence-electron chi connectivity index (χ1n) is 17.7. The molecule has 0 amide bonds. The zero-order valence-electron chi connectivity index (χ0n) is 30.0. The molecular formula is C42H25F3N2O. The topological polar surface area (TPSA) is 17.4 Å². The average molecular weight is 636 g/mol. The number of benzene rings is 7. The molecule has 1 aromatic heterocycles. The second-order valence-corrected chi connectivity index (χ2v) is 11.4. The Balaban J connectivity index is 1.20. The van der Waals surface area contributed by atoms with E-state index in [0.717, 1.165) is 50.1 Å². The second-order valence-electron chi connectivity index (χ2n) is 11.4. The lowest BCUT2D eigenvalue weighted by atomic mass is 9.98. The van der Waals surface area contributed by atoms with Gasteiger partial charge in [0.1, 0.15) is 17.5 Å². The number of rotatable bonds is 5. The van der Waals surface area contributed by atoms with E-state index in [1.807, 2.05) is 60.7 Å². The van der Waals surface area contributed by atoms with Crippen molar-refractivity contribution in [1.29, 1.82) is 0 Å². The van der Waals surface area contributed by atoms with E-state index in [2.05, 4.69) is 16.7 Å². The molecule has 0 radical (unpaired) electrons. The maximum Gasteiger partial charge on any atom is 0.152 e. The molecule has 0 fully saturated rings. The molecule has 0 unspecified atom stereocenters. The van der Waals surface area contributed by atoms with Crippen molar-refractivity contribution in [2.45, 2.75) is 0 Å². The lowest BCUT2D eigenvalue weighted by molar-refractivity contribution is 0.476. The minimum absolute atomic E-state index is 0.108. The van der Waals surface area contributed by atoms with Crippen LogP contribution in [0.2, 0.25) is 0 Å². The van der Waals surface area contributed by atoms with Crippen LogP contribution in [0.15, 0.2) is 152 Å². The molecule has 3 nitrogen and oxygen atoms in total. The Morgan fingerprint density at radius 3 is 1.98 bits per heavy atom. The molecule has 9 rings (SSSR count). The van der Waals surface area contributed by atoms with Crippen molar-refractivity contribution in [3.63, 3.8) is 0 Å². The summed E-state index contributed by atoms with van der Waals surface area (Å²) in [5, 5.41) is 2.04. The molecule has 7 aromatic carbocycles. The maximum atomic E-state index is 14.7. The standard InChI is InChI=1S/C42H25F3N2O/c43-28-24-34(44)40(35(45)25-28)27-16-20-31(21-17-27)46(29-8-2-1-3-9-29)30-18-14-26(15-19-30)32-22-23-39-42-41(32)33-10-4-5-11-36(33)47(42)37-12-6-7-13-38(37)48-39/h1-25H/i1D,2D,3D,8D,9D. The maximum absolute atomic E-state index is 14.7. The van der Waals surface area contributed by atoms with Crippen LogP contribution >= 0.6 is 0 Å². The van der Waals surface area contributed by atoms with Gasteiger partial charge in [-0.2, -0.15) is 0 Å². The van der Waals surface area contributed by atoms with E-state index in [4.69, 9.17) is 11.6 Å². The summed E-state index contributed by atoms with van der Waals surface area (Å²) in [6.07, 6.45) is 0. The van der Waals surface area contributed by atoms with E-state index in [0.29, 0.717) is 23.5 Å². The highest BCUT2D eigenvalue weighted by atomic mass is 19.1. The molecule has 0 aliphatic carbocycles. The Labute approximate surface area is 281 Å². The third kappa shape index (κ3) is 4.37. The summed E-state index contributed by atoms with van der Waals surface area (Å²) in [5.74, 6) is -1.69. The smallest absolute Gasteiger partial charge is 0.152 e. The Morgan fingerprint density at radius 2 is 1.25 bits per heavy atom. The number of hydrogen-bond acceptors (Lipinski definition) is 2. The van der Waals surface area contributed by atoms with Gasteiger partial charge in [0.2, 0.25) is 0 Å². The summed E-state index contributed by atoms with van der Waals surface area (Å²) in [6.45, 7) is 0. The van der Waals surface area contributed by atoms with Gasteiger partial charge in [0, 0.05) is 40.0 Å². The van der Waals surface area contributed by atoms with Gasteiger partial charge in [0.05, 0.1) is 29.1 Å². The normalized spacial score (nSPS) is 13.3. The van der Waals surface area contributed by atoms with Crippen LogP contribution in [0.4, 0.5) is 30.2 Å². The number of para-hydroxylation sites is 4. The number of aromatic nitrogens is 1. The molecule has 1 aliphatic heterocycles. The summed E-state index contributed by atoms with van der Waals surface area (Å²) in [4.78, 5) is 1.51. The zero-order valence-corrected chi connectivity index (χ0v) is 25.0. The fourth-order valence-corrected chi connectivity index (χ4v) is 6.63. The van der Waals surface area contributed by atoms with Crippen LogP contribution in [0.1, 0.15) is 6.85 Å². The predicted molar refractivity (Wildman–Crippen MR) is 186 cm³/mol. The van der Waals surface area contributed by atoms with Gasteiger partial charge in [-0.3, -0.25) is 0 Å². The number of halogens is 3. The van der Waals surface area contributed by atoms with Crippen molar-refractivity contribution in [1.82, 2.24) is 4.57 Å². The average Bonchev–Trinajstić information content (AvgIpc) is 3.52. The van der Waals surface area contributed by atoms with E-state index < -0.39 is 53.2 Å². The van der Waals surface area contributed by atoms with Crippen molar-refractivity contribution in [3.05, 3.63) is 169 Å². The van der Waals surface area contributed by atoms with Crippen LogP contribution in [-0.2, 0) is 0 Å². The monoisotopic (exact) mass is 635 g/mol. The molecule has 8 aromatic rings. The first-order valence-corrected chi connectivity index (χ1v) is 15.2. The predicted octanol–water partition coefficient (Wildman–Crippen LogP) is 12.1. The van der Waals surface area contributed by atoms with Gasteiger partial charge in [-0.1, -0.05) is 72.7 Å². The van der Waals surface area contributed by atoms with Crippen LogP contribution in [0.5, 0.6) is 11.5 Å². The molecule has 0 bridgehead atoms. The molecule has 0 saturated heterocycles. The van der Waals surface area contributed by atoms with Gasteiger partial charge in [-0.25, -0.2) is 13.2 Å². The van der Waals surface area contributed by atoms with E-state index in [9.17, 15) is 13.2 Å². The largest absolute Gasteiger partial charge is 0.453 e. The minimum atomic E-state index is -1.07. The lowest BCUT2D eigenvalue weighted by Crippen LogP contribution is -2.09. The fraction of sp³-hybridized carbons (Fsp3) is 0. The molecule has 0 spiro atoms. The SMILES string of the molecule is [2H]c1c([2H])c([2H])c(N(c2ccc(-c3c(F)cc(F)cc3F)cc2)c2ccc(-c3ccc4c5c3c3ccccc3n5-c3ccccc3O4)cc2)c([2H])c1[2H]. The summed E-state index contributed by atoms with van der Waals surface area (Å²) in [5.41, 5.74) is 5.13. The van der Waals surface area contributed by atoms with Crippen molar-refractivity contribution in [2.24, 2.45) is 0 Å². The second kappa shape index (κ2) is 10.9. The Morgan fingerprint density at radius 1 is 0.604 bits per heavy atom. The summed E-state index contributed by atoms with van der Waals surface area (Å²) < 4.78 is 94.1. The molecule has 2 heterocycles. The van der Waals surface area contributed by atoms with Crippen LogP contribution < -0.4 is 9.64 Å². The molecule has 0 atom stereocenters. The quantitative estimate of drug-likeness (QED) is 0.187. The fourth-order valence-electron chi connectivity index (χ4n) is 6.63. The first kappa shape index (κ1) is 23.1. The highest BCUT2D eigenvalue weighted by Gasteiger charge is 2.25. The molecule has 230 valence electrons. The number of nitrogens with zero attached hydrogens (tertiary/aromatic N) is 2. The highest BCUT2D eigenvalue weighted by Crippen LogP contribution is 2.48. The molecule has 0 saturated carbocycles. The minimum Gasteiger partial charge on any atom is -0.453 e. The van der Waals surface area contributed by atoms with Gasteiger partial charge < -0.3 is 14.2 Å². The van der Waals surface area contributed by atoms with Gasteiger partial charge in [-0.15, -0.1) is 0 Å². The Kier molecular flexibility index (Phi) is 5.26. The Hall–Kier alpha value is -6.27. The first-order chi connectivity index (χ1) is 25.6.